The number of piperidine rings is 1. The van der Waals surface area contributed by atoms with Crippen LogP contribution in [0.15, 0.2) is 29.6 Å². The lowest BCUT2D eigenvalue weighted by atomic mass is 10.0. The van der Waals surface area contributed by atoms with Crippen LogP contribution in [0.4, 0.5) is 0 Å². The molecule has 2 heterocycles. The van der Waals surface area contributed by atoms with E-state index in [1.54, 1.807) is 11.3 Å². The first-order valence-corrected chi connectivity index (χ1v) is 8.95. The van der Waals surface area contributed by atoms with Gasteiger partial charge in [-0.15, -0.1) is 11.3 Å². The number of likely N-dealkylation sites (tertiary alicyclic amines) is 1. The largest absolute Gasteiger partial charge is 0.486 e. The van der Waals surface area contributed by atoms with Gasteiger partial charge in [0.05, 0.1) is 5.69 Å². The maximum atomic E-state index is 5.81. The molecule has 3 nitrogen and oxygen atoms in total. The molecule has 1 aromatic carbocycles. The van der Waals surface area contributed by atoms with Crippen LogP contribution in [-0.4, -0.2) is 22.5 Å². The van der Waals surface area contributed by atoms with E-state index in [1.807, 2.05) is 12.1 Å². The normalized spacial score (nSPS) is 19.3. The van der Waals surface area contributed by atoms with Gasteiger partial charge in [-0.3, -0.25) is 4.90 Å². The monoisotopic (exact) mass is 316 g/mol. The number of thiazole rings is 1. The van der Waals surface area contributed by atoms with Gasteiger partial charge >= 0.3 is 0 Å². The van der Waals surface area contributed by atoms with Crippen LogP contribution in [0, 0.1) is 6.92 Å². The van der Waals surface area contributed by atoms with Crippen LogP contribution < -0.4 is 4.74 Å². The summed E-state index contributed by atoms with van der Waals surface area (Å²) in [4.78, 5) is 7.27. The highest BCUT2D eigenvalue weighted by Crippen LogP contribution is 2.21. The van der Waals surface area contributed by atoms with Crippen LogP contribution in [0.25, 0.3) is 0 Å². The van der Waals surface area contributed by atoms with E-state index in [9.17, 15) is 0 Å². The topological polar surface area (TPSA) is 25.4 Å². The molecule has 2 aromatic rings. The fraction of sp³-hybridized carbons (Fsp3) is 0.500. The first-order chi connectivity index (χ1) is 10.7. The summed E-state index contributed by atoms with van der Waals surface area (Å²) in [5, 5.41) is 3.23. The molecule has 0 aliphatic carbocycles. The third-order valence-electron chi connectivity index (χ3n) is 4.29. The third-order valence-corrected chi connectivity index (χ3v) is 5.16. The standard InChI is InChI=1S/C18H24N2OS/c1-14-6-8-17(9-7-14)21-12-18-19-16(13-22-18)11-20-10-4-3-5-15(20)2/h6-9,13,15H,3-5,10-12H2,1-2H3. The smallest absolute Gasteiger partial charge is 0.140 e. The zero-order chi connectivity index (χ0) is 15.4. The first kappa shape index (κ1) is 15.5. The van der Waals surface area contributed by atoms with Crippen molar-refractivity contribution in [2.75, 3.05) is 6.54 Å². The van der Waals surface area contributed by atoms with E-state index in [2.05, 4.69) is 36.3 Å². The molecule has 0 N–H and O–H groups in total. The molecule has 1 saturated heterocycles. The average molecular weight is 316 g/mol. The van der Waals surface area contributed by atoms with Crippen LogP contribution in [-0.2, 0) is 13.2 Å². The molecule has 0 radical (unpaired) electrons. The van der Waals surface area contributed by atoms with Gasteiger partial charge in [-0.05, 0) is 45.4 Å². The summed E-state index contributed by atoms with van der Waals surface area (Å²) in [5.41, 5.74) is 2.43. The molecule has 0 spiro atoms. The van der Waals surface area contributed by atoms with Crippen molar-refractivity contribution >= 4 is 11.3 Å². The first-order valence-electron chi connectivity index (χ1n) is 8.07. The average Bonchev–Trinajstić information content (AvgIpc) is 2.97. The molecule has 1 fully saturated rings. The van der Waals surface area contributed by atoms with Gasteiger partial charge < -0.3 is 4.74 Å². The molecule has 1 atom stereocenters. The lowest BCUT2D eigenvalue weighted by molar-refractivity contribution is 0.151. The van der Waals surface area contributed by atoms with Gasteiger partial charge in [-0.25, -0.2) is 4.98 Å². The zero-order valence-corrected chi connectivity index (χ0v) is 14.2. The lowest BCUT2D eigenvalue weighted by Crippen LogP contribution is -2.36. The summed E-state index contributed by atoms with van der Waals surface area (Å²) >= 11 is 1.70. The van der Waals surface area contributed by atoms with Gasteiger partial charge in [0.15, 0.2) is 0 Å². The Balaban J connectivity index is 1.53. The molecule has 22 heavy (non-hydrogen) atoms. The molecule has 1 aliphatic heterocycles. The van der Waals surface area contributed by atoms with Gasteiger partial charge in [-0.2, -0.15) is 0 Å². The SMILES string of the molecule is Cc1ccc(OCc2nc(CN3CCCCC3C)cs2)cc1. The van der Waals surface area contributed by atoms with Crippen molar-refractivity contribution in [1.29, 1.82) is 0 Å². The minimum atomic E-state index is 0.559. The molecule has 1 aliphatic rings. The quantitative estimate of drug-likeness (QED) is 0.817. The van der Waals surface area contributed by atoms with Crippen molar-refractivity contribution in [3.8, 4) is 5.75 Å². The van der Waals surface area contributed by atoms with E-state index < -0.39 is 0 Å². The third kappa shape index (κ3) is 4.08. The Morgan fingerprint density at radius 3 is 2.86 bits per heavy atom. The van der Waals surface area contributed by atoms with E-state index in [0.29, 0.717) is 12.6 Å². The summed E-state index contributed by atoms with van der Waals surface area (Å²) in [6.45, 7) is 7.14. The molecule has 1 aromatic heterocycles. The van der Waals surface area contributed by atoms with E-state index in [0.717, 1.165) is 17.3 Å². The van der Waals surface area contributed by atoms with Gasteiger partial charge in [0.2, 0.25) is 0 Å². The second kappa shape index (κ2) is 7.25. The van der Waals surface area contributed by atoms with Gasteiger partial charge in [0, 0.05) is 18.0 Å². The Morgan fingerprint density at radius 2 is 2.09 bits per heavy atom. The van der Waals surface area contributed by atoms with Crippen LogP contribution >= 0.6 is 11.3 Å². The number of nitrogens with zero attached hydrogens (tertiary/aromatic N) is 2. The predicted octanol–water partition coefficient (Wildman–Crippen LogP) is 4.40. The molecule has 0 saturated carbocycles. The van der Waals surface area contributed by atoms with Crippen LogP contribution in [0.3, 0.4) is 0 Å². The van der Waals surface area contributed by atoms with Crippen molar-refractivity contribution in [3.05, 3.63) is 45.9 Å². The Kier molecular flexibility index (Phi) is 5.11. The lowest BCUT2D eigenvalue weighted by Gasteiger charge is -2.32. The number of rotatable bonds is 5. The Labute approximate surface area is 137 Å². The van der Waals surface area contributed by atoms with E-state index in [-0.39, 0.29) is 0 Å². The fourth-order valence-corrected chi connectivity index (χ4v) is 3.56. The number of hydrogen-bond donors (Lipinski definition) is 0. The highest BCUT2D eigenvalue weighted by atomic mass is 32.1. The predicted molar refractivity (Wildman–Crippen MR) is 91.3 cm³/mol. The van der Waals surface area contributed by atoms with Crippen molar-refractivity contribution in [2.24, 2.45) is 0 Å². The number of aromatic nitrogens is 1. The van der Waals surface area contributed by atoms with Gasteiger partial charge in [0.1, 0.15) is 17.4 Å². The number of benzene rings is 1. The summed E-state index contributed by atoms with van der Waals surface area (Å²) in [7, 11) is 0. The molecule has 4 heteroatoms. The second-order valence-corrected chi connectivity index (χ2v) is 7.09. The Bertz CT molecular complexity index is 593. The molecule has 3 rings (SSSR count). The zero-order valence-electron chi connectivity index (χ0n) is 13.4. The van der Waals surface area contributed by atoms with Gasteiger partial charge in [-0.1, -0.05) is 24.1 Å². The van der Waals surface area contributed by atoms with Crippen molar-refractivity contribution in [1.82, 2.24) is 9.88 Å². The van der Waals surface area contributed by atoms with Crippen molar-refractivity contribution < 1.29 is 4.74 Å². The van der Waals surface area contributed by atoms with E-state index >= 15 is 0 Å². The molecule has 118 valence electrons. The van der Waals surface area contributed by atoms with E-state index in [4.69, 9.17) is 9.72 Å². The number of aryl methyl sites for hydroxylation is 1. The fourth-order valence-electron chi connectivity index (χ4n) is 2.87. The number of hydrogen-bond acceptors (Lipinski definition) is 4. The molecule has 0 bridgehead atoms. The molecular formula is C18H24N2OS. The van der Waals surface area contributed by atoms with E-state index in [1.165, 1.54) is 37.1 Å². The summed E-state index contributed by atoms with van der Waals surface area (Å²) in [6, 6.07) is 8.85. The second-order valence-electron chi connectivity index (χ2n) is 6.15. The van der Waals surface area contributed by atoms with Crippen molar-refractivity contribution in [3.63, 3.8) is 0 Å². The maximum absolute atomic E-state index is 5.81. The summed E-state index contributed by atoms with van der Waals surface area (Å²) in [5.74, 6) is 0.909. The Hall–Kier alpha value is -1.39. The molecular weight excluding hydrogens is 292 g/mol. The van der Waals surface area contributed by atoms with Crippen LogP contribution in [0.1, 0.15) is 42.5 Å². The van der Waals surface area contributed by atoms with Crippen LogP contribution in [0.5, 0.6) is 5.75 Å². The summed E-state index contributed by atoms with van der Waals surface area (Å²) < 4.78 is 5.81. The number of ether oxygens (including phenoxy) is 1. The molecule has 1 unspecified atom stereocenters. The maximum Gasteiger partial charge on any atom is 0.140 e. The highest BCUT2D eigenvalue weighted by Gasteiger charge is 2.19. The highest BCUT2D eigenvalue weighted by molar-refractivity contribution is 7.09. The Morgan fingerprint density at radius 1 is 1.27 bits per heavy atom. The van der Waals surface area contributed by atoms with Crippen LogP contribution in [0.2, 0.25) is 0 Å². The minimum absolute atomic E-state index is 0.559. The minimum Gasteiger partial charge on any atom is -0.486 e. The molecule has 0 amide bonds. The summed E-state index contributed by atoms with van der Waals surface area (Å²) in [6.07, 6.45) is 4.00. The van der Waals surface area contributed by atoms with Crippen molar-refractivity contribution in [2.45, 2.75) is 52.3 Å². The van der Waals surface area contributed by atoms with Gasteiger partial charge in [0.25, 0.3) is 0 Å².